The van der Waals surface area contributed by atoms with Crippen LogP contribution in [0.4, 0.5) is 0 Å². The maximum Gasteiger partial charge on any atom is 0.113 e. The molecule has 1 unspecified atom stereocenters. The molecule has 0 heterocycles. The monoisotopic (exact) mass is 244 g/mol. The van der Waals surface area contributed by atoms with Gasteiger partial charge < -0.3 is 0 Å². The molecule has 0 rings (SSSR count). The van der Waals surface area contributed by atoms with E-state index in [0.29, 0.717) is 0 Å². The molecule has 15 heavy (non-hydrogen) atoms. The minimum absolute atomic E-state index is 0.838. The third kappa shape index (κ3) is 7.66. The minimum Gasteiger partial charge on any atom is -0.253 e. The van der Waals surface area contributed by atoms with Crippen molar-refractivity contribution in [2.45, 2.75) is 33.6 Å². The predicted molar refractivity (Wildman–Crippen MR) is 72.5 cm³/mol. The highest BCUT2D eigenvalue weighted by Crippen LogP contribution is 2.15. The highest BCUT2D eigenvalue weighted by molar-refractivity contribution is 8.15. The van der Waals surface area contributed by atoms with Gasteiger partial charge in [0.2, 0.25) is 0 Å². The van der Waals surface area contributed by atoms with Crippen molar-refractivity contribution in [1.29, 1.82) is 0 Å². The second-order valence-corrected chi connectivity index (χ2v) is 6.06. The Morgan fingerprint density at radius 2 is 2.00 bits per heavy atom. The fourth-order valence-electron chi connectivity index (χ4n) is 1.05. The summed E-state index contributed by atoms with van der Waals surface area (Å²) in [5.74, 6) is 0. The van der Waals surface area contributed by atoms with E-state index in [1.807, 2.05) is 13.2 Å². The standard InChI is InChI=1S/C12H20OS2/c1-10(2)7-6-8-11(3)9-12(14-4)15(5)13/h7H,6,8H2,1-5H3. The fraction of sp³-hybridized carbons (Fsp3) is 0.583. The molecule has 0 saturated heterocycles. The SMILES string of the molecule is CSC(=C=C(C)CCC=C(C)C)S(C)=O. The van der Waals surface area contributed by atoms with Crippen molar-refractivity contribution in [1.82, 2.24) is 0 Å². The van der Waals surface area contributed by atoms with Crippen LogP contribution in [0.5, 0.6) is 0 Å². The van der Waals surface area contributed by atoms with Crippen molar-refractivity contribution >= 4 is 22.6 Å². The lowest BCUT2D eigenvalue weighted by molar-refractivity contribution is 0.691. The van der Waals surface area contributed by atoms with Crippen molar-refractivity contribution < 1.29 is 4.21 Å². The molecule has 0 radical (unpaired) electrons. The zero-order valence-electron chi connectivity index (χ0n) is 10.2. The summed E-state index contributed by atoms with van der Waals surface area (Å²) in [6.07, 6.45) is 7.88. The van der Waals surface area contributed by atoms with E-state index < -0.39 is 10.8 Å². The maximum atomic E-state index is 11.3. The van der Waals surface area contributed by atoms with Crippen LogP contribution in [0.25, 0.3) is 0 Å². The van der Waals surface area contributed by atoms with Crippen molar-refractivity contribution in [2.75, 3.05) is 12.5 Å². The molecule has 0 aliphatic heterocycles. The quantitative estimate of drug-likeness (QED) is 0.539. The van der Waals surface area contributed by atoms with Gasteiger partial charge in [-0.25, -0.2) is 0 Å². The molecule has 0 spiro atoms. The molecule has 1 nitrogen and oxygen atoms in total. The van der Waals surface area contributed by atoms with E-state index in [0.717, 1.165) is 17.1 Å². The first kappa shape index (κ1) is 14.8. The highest BCUT2D eigenvalue weighted by atomic mass is 32.2. The largest absolute Gasteiger partial charge is 0.253 e. The first-order chi connectivity index (χ1) is 6.97. The summed E-state index contributed by atoms with van der Waals surface area (Å²) >= 11 is 1.52. The van der Waals surface area contributed by atoms with Gasteiger partial charge in [-0.05, 0) is 45.4 Å². The minimum atomic E-state index is -0.906. The summed E-state index contributed by atoms with van der Waals surface area (Å²) in [5.41, 5.74) is 5.72. The van der Waals surface area contributed by atoms with Crippen molar-refractivity contribution in [3.05, 3.63) is 27.2 Å². The Labute approximate surface area is 100 Å². The molecule has 0 aliphatic carbocycles. The number of allylic oxidation sites excluding steroid dienone is 3. The first-order valence-electron chi connectivity index (χ1n) is 4.94. The Kier molecular flexibility index (Phi) is 7.85. The molecular weight excluding hydrogens is 224 g/mol. The van der Waals surface area contributed by atoms with Gasteiger partial charge >= 0.3 is 0 Å². The summed E-state index contributed by atoms with van der Waals surface area (Å²) in [4.78, 5) is 0. The van der Waals surface area contributed by atoms with Gasteiger partial charge in [-0.2, -0.15) is 0 Å². The normalized spacial score (nSPS) is 11.5. The zero-order valence-corrected chi connectivity index (χ0v) is 11.8. The topological polar surface area (TPSA) is 17.1 Å². The van der Waals surface area contributed by atoms with Crippen LogP contribution in [0.1, 0.15) is 33.6 Å². The second kappa shape index (κ2) is 7.98. The van der Waals surface area contributed by atoms with Crippen LogP contribution in [0, 0.1) is 0 Å². The van der Waals surface area contributed by atoms with Crippen molar-refractivity contribution in [2.24, 2.45) is 0 Å². The van der Waals surface area contributed by atoms with Crippen LogP contribution >= 0.6 is 11.8 Å². The van der Waals surface area contributed by atoms with E-state index in [9.17, 15) is 4.21 Å². The van der Waals surface area contributed by atoms with Gasteiger partial charge in [-0.15, -0.1) is 11.8 Å². The Hall–Kier alpha value is -0.240. The second-order valence-electron chi connectivity index (χ2n) is 3.67. The summed E-state index contributed by atoms with van der Waals surface area (Å²) in [5, 5.41) is 0. The molecule has 86 valence electrons. The molecule has 0 amide bonds. The molecule has 0 bridgehead atoms. The number of thioether (sulfide) groups is 1. The molecule has 0 fully saturated rings. The predicted octanol–water partition coefficient (Wildman–Crippen LogP) is 3.86. The van der Waals surface area contributed by atoms with Gasteiger partial charge in [0.05, 0.1) is 10.8 Å². The van der Waals surface area contributed by atoms with Gasteiger partial charge in [0.25, 0.3) is 0 Å². The average Bonchev–Trinajstić information content (AvgIpc) is 2.13. The molecule has 0 aromatic carbocycles. The highest BCUT2D eigenvalue weighted by Gasteiger charge is 1.98. The van der Waals surface area contributed by atoms with E-state index in [2.05, 4.69) is 25.7 Å². The van der Waals surface area contributed by atoms with Crippen LogP contribution in [0.3, 0.4) is 0 Å². The van der Waals surface area contributed by atoms with Crippen LogP contribution < -0.4 is 0 Å². The molecule has 0 N–H and O–H groups in total. The van der Waals surface area contributed by atoms with E-state index in [-0.39, 0.29) is 0 Å². The number of rotatable bonds is 5. The van der Waals surface area contributed by atoms with Crippen LogP contribution in [0.15, 0.2) is 27.2 Å². The molecule has 1 atom stereocenters. The third-order valence-electron chi connectivity index (χ3n) is 1.83. The Morgan fingerprint density at radius 1 is 1.40 bits per heavy atom. The van der Waals surface area contributed by atoms with Gasteiger partial charge in [0.1, 0.15) is 4.24 Å². The Bertz CT molecular complexity index is 317. The van der Waals surface area contributed by atoms with Gasteiger partial charge in [0, 0.05) is 6.26 Å². The molecule has 0 aromatic rings. The summed E-state index contributed by atoms with van der Waals surface area (Å²) < 4.78 is 12.1. The van der Waals surface area contributed by atoms with Crippen LogP contribution in [-0.2, 0) is 10.8 Å². The maximum absolute atomic E-state index is 11.3. The van der Waals surface area contributed by atoms with Gasteiger partial charge in [-0.1, -0.05) is 17.4 Å². The zero-order chi connectivity index (χ0) is 11.8. The first-order valence-corrected chi connectivity index (χ1v) is 7.72. The fourth-order valence-corrected chi connectivity index (χ4v) is 2.59. The van der Waals surface area contributed by atoms with Crippen molar-refractivity contribution in [3.8, 4) is 0 Å². The Balaban J connectivity index is 4.53. The van der Waals surface area contributed by atoms with E-state index in [4.69, 9.17) is 0 Å². The summed E-state index contributed by atoms with van der Waals surface area (Å²) in [6.45, 7) is 6.24. The molecule has 0 saturated carbocycles. The Morgan fingerprint density at radius 3 is 2.40 bits per heavy atom. The van der Waals surface area contributed by atoms with Crippen molar-refractivity contribution in [3.63, 3.8) is 0 Å². The van der Waals surface area contributed by atoms with E-state index >= 15 is 0 Å². The molecular formula is C12H20OS2. The smallest absolute Gasteiger partial charge is 0.113 e. The number of hydrogen-bond donors (Lipinski definition) is 0. The molecule has 0 aromatic heterocycles. The molecule has 0 aliphatic rings. The third-order valence-corrected chi connectivity index (χ3v) is 4.14. The lowest BCUT2D eigenvalue weighted by atomic mass is 10.1. The van der Waals surface area contributed by atoms with Gasteiger partial charge in [0.15, 0.2) is 0 Å². The average molecular weight is 244 g/mol. The lowest BCUT2D eigenvalue weighted by Crippen LogP contribution is -1.85. The van der Waals surface area contributed by atoms with Crippen LogP contribution in [0.2, 0.25) is 0 Å². The lowest BCUT2D eigenvalue weighted by Gasteiger charge is -1.97. The summed E-state index contributed by atoms with van der Waals surface area (Å²) in [6, 6.07) is 0. The van der Waals surface area contributed by atoms with E-state index in [1.54, 1.807) is 6.26 Å². The van der Waals surface area contributed by atoms with E-state index in [1.165, 1.54) is 22.9 Å². The van der Waals surface area contributed by atoms with Crippen LogP contribution in [-0.4, -0.2) is 16.7 Å². The number of hydrogen-bond acceptors (Lipinski definition) is 2. The summed E-state index contributed by atoms with van der Waals surface area (Å²) in [7, 11) is -0.906. The van der Waals surface area contributed by atoms with Gasteiger partial charge in [-0.3, -0.25) is 4.21 Å². The molecule has 3 heteroatoms.